The number of nitrogens with zero attached hydrogens (tertiary/aromatic N) is 5. The van der Waals surface area contributed by atoms with Crippen LogP contribution in [0.3, 0.4) is 0 Å². The Labute approximate surface area is 142 Å². The lowest BCUT2D eigenvalue weighted by molar-refractivity contribution is 0.0583. The van der Waals surface area contributed by atoms with Gasteiger partial charge >= 0.3 is 0 Å². The van der Waals surface area contributed by atoms with Crippen molar-refractivity contribution in [3.05, 3.63) is 35.9 Å². The average Bonchev–Trinajstić information content (AvgIpc) is 3.27. The molecule has 0 saturated carbocycles. The summed E-state index contributed by atoms with van der Waals surface area (Å²) in [4.78, 5) is 24.3. The van der Waals surface area contributed by atoms with Gasteiger partial charge in [0.1, 0.15) is 17.3 Å². The molecule has 0 bridgehead atoms. The fourth-order valence-electron chi connectivity index (χ4n) is 4.06. The molecular formula is C18H25N5O. The van der Waals surface area contributed by atoms with E-state index < -0.39 is 0 Å². The molecular weight excluding hydrogens is 302 g/mol. The summed E-state index contributed by atoms with van der Waals surface area (Å²) >= 11 is 0. The molecule has 6 nitrogen and oxygen atoms in total. The van der Waals surface area contributed by atoms with Gasteiger partial charge in [0.05, 0.1) is 12.2 Å². The standard InChI is InChI=1S/C18H25N5O/c1-2-21-12-9-19-17(21)14-7-3-5-11-23(14)18(24)15-13-20-16-8-4-6-10-22(15)16/h9,12-14H,2-8,10-11H2,1H3. The maximum atomic E-state index is 13.3. The van der Waals surface area contributed by atoms with Gasteiger partial charge in [0.25, 0.3) is 5.91 Å². The Balaban J connectivity index is 1.65. The van der Waals surface area contributed by atoms with E-state index in [0.717, 1.165) is 69.1 Å². The van der Waals surface area contributed by atoms with Gasteiger partial charge in [0.2, 0.25) is 0 Å². The number of rotatable bonds is 3. The van der Waals surface area contributed by atoms with Crippen molar-refractivity contribution < 1.29 is 4.79 Å². The average molecular weight is 327 g/mol. The normalized spacial score (nSPS) is 20.9. The lowest BCUT2D eigenvalue weighted by atomic mass is 10.0. The zero-order valence-electron chi connectivity index (χ0n) is 14.3. The largest absolute Gasteiger partial charge is 0.333 e. The Morgan fingerprint density at radius 1 is 1.21 bits per heavy atom. The van der Waals surface area contributed by atoms with Gasteiger partial charge in [-0.1, -0.05) is 0 Å². The Morgan fingerprint density at radius 3 is 2.96 bits per heavy atom. The molecule has 1 amide bonds. The van der Waals surface area contributed by atoms with Crippen LogP contribution in [0, 0.1) is 0 Å². The highest BCUT2D eigenvalue weighted by Crippen LogP contribution is 2.32. The second-order valence-electron chi connectivity index (χ2n) is 6.75. The van der Waals surface area contributed by atoms with Crippen molar-refractivity contribution in [3.8, 4) is 0 Å². The van der Waals surface area contributed by atoms with Crippen LogP contribution in [0.1, 0.15) is 67.2 Å². The van der Waals surface area contributed by atoms with Crippen molar-refractivity contribution in [2.45, 2.75) is 64.6 Å². The molecule has 0 N–H and O–H groups in total. The van der Waals surface area contributed by atoms with Crippen molar-refractivity contribution >= 4 is 5.91 Å². The number of likely N-dealkylation sites (tertiary alicyclic amines) is 1. The Morgan fingerprint density at radius 2 is 2.08 bits per heavy atom. The number of aromatic nitrogens is 4. The predicted molar refractivity (Wildman–Crippen MR) is 90.7 cm³/mol. The lowest BCUT2D eigenvalue weighted by Gasteiger charge is -2.35. The van der Waals surface area contributed by atoms with E-state index in [9.17, 15) is 4.79 Å². The quantitative estimate of drug-likeness (QED) is 0.871. The maximum absolute atomic E-state index is 13.3. The summed E-state index contributed by atoms with van der Waals surface area (Å²) in [6.45, 7) is 4.72. The van der Waals surface area contributed by atoms with Crippen LogP contribution in [-0.2, 0) is 19.5 Å². The topological polar surface area (TPSA) is 56.0 Å². The number of hydrogen-bond acceptors (Lipinski definition) is 3. The van der Waals surface area contributed by atoms with Crippen molar-refractivity contribution in [2.75, 3.05) is 6.54 Å². The summed E-state index contributed by atoms with van der Waals surface area (Å²) in [7, 11) is 0. The molecule has 6 heteroatoms. The van der Waals surface area contributed by atoms with E-state index in [4.69, 9.17) is 0 Å². The maximum Gasteiger partial charge on any atom is 0.272 e. The van der Waals surface area contributed by atoms with Crippen molar-refractivity contribution in [3.63, 3.8) is 0 Å². The van der Waals surface area contributed by atoms with Gasteiger partial charge < -0.3 is 14.0 Å². The number of imidazole rings is 2. The summed E-state index contributed by atoms with van der Waals surface area (Å²) < 4.78 is 4.28. The smallest absolute Gasteiger partial charge is 0.272 e. The predicted octanol–water partition coefficient (Wildman–Crippen LogP) is 2.80. The summed E-state index contributed by atoms with van der Waals surface area (Å²) in [5.74, 6) is 2.20. The van der Waals surface area contributed by atoms with E-state index in [0.29, 0.717) is 0 Å². The van der Waals surface area contributed by atoms with Gasteiger partial charge in [-0.25, -0.2) is 9.97 Å². The van der Waals surface area contributed by atoms with Gasteiger partial charge in [-0.2, -0.15) is 0 Å². The molecule has 1 saturated heterocycles. The third-order valence-corrected chi connectivity index (χ3v) is 5.34. The van der Waals surface area contributed by atoms with Crippen LogP contribution in [0.5, 0.6) is 0 Å². The third-order valence-electron chi connectivity index (χ3n) is 5.34. The number of carbonyl (C=O) groups excluding carboxylic acids is 1. The van der Waals surface area contributed by atoms with Crippen LogP contribution in [0.4, 0.5) is 0 Å². The van der Waals surface area contributed by atoms with Gasteiger partial charge in [-0.15, -0.1) is 0 Å². The molecule has 0 spiro atoms. The highest BCUT2D eigenvalue weighted by Gasteiger charge is 2.33. The molecule has 1 unspecified atom stereocenters. The van der Waals surface area contributed by atoms with Crippen LogP contribution < -0.4 is 0 Å². The molecule has 24 heavy (non-hydrogen) atoms. The Bertz CT molecular complexity index is 732. The first kappa shape index (κ1) is 15.4. The van der Waals surface area contributed by atoms with E-state index in [1.807, 2.05) is 17.3 Å². The minimum atomic E-state index is 0.0796. The van der Waals surface area contributed by atoms with E-state index in [-0.39, 0.29) is 11.9 Å². The Kier molecular flexibility index (Phi) is 4.12. The number of carbonyl (C=O) groups is 1. The van der Waals surface area contributed by atoms with Gasteiger partial charge in [0.15, 0.2) is 0 Å². The van der Waals surface area contributed by atoms with Crippen molar-refractivity contribution in [1.29, 1.82) is 0 Å². The molecule has 4 rings (SSSR count). The highest BCUT2D eigenvalue weighted by atomic mass is 16.2. The minimum Gasteiger partial charge on any atom is -0.333 e. The number of piperidine rings is 1. The minimum absolute atomic E-state index is 0.0796. The monoisotopic (exact) mass is 327 g/mol. The molecule has 2 aromatic heterocycles. The molecule has 2 aliphatic rings. The van der Waals surface area contributed by atoms with E-state index in [2.05, 4.69) is 26.0 Å². The molecule has 2 aliphatic heterocycles. The van der Waals surface area contributed by atoms with Gasteiger partial charge in [-0.3, -0.25) is 4.79 Å². The van der Waals surface area contributed by atoms with Crippen molar-refractivity contribution in [1.82, 2.24) is 24.0 Å². The third kappa shape index (κ3) is 2.54. The second-order valence-corrected chi connectivity index (χ2v) is 6.75. The molecule has 1 fully saturated rings. The molecule has 1 atom stereocenters. The van der Waals surface area contributed by atoms with E-state index in [1.165, 1.54) is 6.42 Å². The molecule has 128 valence electrons. The van der Waals surface area contributed by atoms with Crippen molar-refractivity contribution in [2.24, 2.45) is 0 Å². The number of amides is 1. The van der Waals surface area contributed by atoms with Gasteiger partial charge in [-0.05, 0) is 39.0 Å². The first-order chi connectivity index (χ1) is 11.8. The summed E-state index contributed by atoms with van der Waals surface area (Å²) in [6.07, 6.45) is 12.1. The van der Waals surface area contributed by atoms with Crippen LogP contribution in [0.15, 0.2) is 18.6 Å². The zero-order chi connectivity index (χ0) is 16.5. The summed E-state index contributed by atoms with van der Waals surface area (Å²) in [6, 6.07) is 0.0796. The second kappa shape index (κ2) is 6.42. The molecule has 2 aromatic rings. The number of aryl methyl sites for hydroxylation is 2. The number of fused-ring (bicyclic) bond motifs is 1. The fourth-order valence-corrected chi connectivity index (χ4v) is 4.06. The molecule has 0 radical (unpaired) electrons. The van der Waals surface area contributed by atoms with E-state index >= 15 is 0 Å². The summed E-state index contributed by atoms with van der Waals surface area (Å²) in [5.41, 5.74) is 0.756. The first-order valence-electron chi connectivity index (χ1n) is 9.16. The van der Waals surface area contributed by atoms with Gasteiger partial charge in [0, 0.05) is 38.4 Å². The summed E-state index contributed by atoms with van der Waals surface area (Å²) in [5, 5.41) is 0. The van der Waals surface area contributed by atoms with Crippen LogP contribution >= 0.6 is 0 Å². The Hall–Kier alpha value is -2.11. The molecule has 0 aromatic carbocycles. The first-order valence-corrected chi connectivity index (χ1v) is 9.16. The molecule has 0 aliphatic carbocycles. The fraction of sp³-hybridized carbons (Fsp3) is 0.611. The van der Waals surface area contributed by atoms with Crippen LogP contribution in [0.25, 0.3) is 0 Å². The lowest BCUT2D eigenvalue weighted by Crippen LogP contribution is -2.40. The zero-order valence-corrected chi connectivity index (χ0v) is 14.3. The SMILES string of the molecule is CCn1ccnc1C1CCCCN1C(=O)c1cnc2n1CCCC2. The van der Waals surface area contributed by atoms with Crippen LogP contribution in [0.2, 0.25) is 0 Å². The number of hydrogen-bond donors (Lipinski definition) is 0. The highest BCUT2D eigenvalue weighted by molar-refractivity contribution is 5.93. The van der Waals surface area contributed by atoms with E-state index in [1.54, 1.807) is 6.20 Å². The van der Waals surface area contributed by atoms with Crippen LogP contribution in [-0.4, -0.2) is 36.5 Å². The molecule has 4 heterocycles.